The van der Waals surface area contributed by atoms with Crippen molar-refractivity contribution >= 4 is 11.6 Å². The molecule has 1 saturated heterocycles. The lowest BCUT2D eigenvalue weighted by molar-refractivity contribution is 0.00562. The standard InChI is InChI=1S/C14H22ClN3O/c15-14-3-2-12(10-17-14)11-18-7-4-13(5-8-18)19-9-1-6-16/h2-3,10,13H,1,4-9,11,16H2. The second kappa shape index (κ2) is 7.80. The van der Waals surface area contributed by atoms with Gasteiger partial charge in [-0.1, -0.05) is 17.7 Å². The van der Waals surface area contributed by atoms with Gasteiger partial charge in [0.15, 0.2) is 0 Å². The first-order chi connectivity index (χ1) is 9.28. The SMILES string of the molecule is NCCCOC1CCN(Cc2ccc(Cl)nc2)CC1. The van der Waals surface area contributed by atoms with Crippen molar-refractivity contribution in [3.63, 3.8) is 0 Å². The van der Waals surface area contributed by atoms with E-state index in [9.17, 15) is 0 Å². The maximum atomic E-state index is 5.80. The third-order valence-electron chi connectivity index (χ3n) is 3.43. The molecule has 0 radical (unpaired) electrons. The lowest BCUT2D eigenvalue weighted by Gasteiger charge is -2.31. The highest BCUT2D eigenvalue weighted by Crippen LogP contribution is 2.16. The van der Waals surface area contributed by atoms with Crippen LogP contribution >= 0.6 is 11.6 Å². The lowest BCUT2D eigenvalue weighted by Crippen LogP contribution is -2.36. The van der Waals surface area contributed by atoms with Gasteiger partial charge in [0, 0.05) is 32.4 Å². The fraction of sp³-hybridized carbons (Fsp3) is 0.643. The number of hydrogen-bond donors (Lipinski definition) is 1. The molecule has 0 bridgehead atoms. The maximum Gasteiger partial charge on any atom is 0.129 e. The van der Waals surface area contributed by atoms with Crippen LogP contribution in [0.2, 0.25) is 5.15 Å². The summed E-state index contributed by atoms with van der Waals surface area (Å²) in [6, 6.07) is 3.89. The highest BCUT2D eigenvalue weighted by atomic mass is 35.5. The van der Waals surface area contributed by atoms with Gasteiger partial charge in [-0.15, -0.1) is 0 Å². The van der Waals surface area contributed by atoms with Gasteiger partial charge in [-0.2, -0.15) is 0 Å². The number of rotatable bonds is 6. The van der Waals surface area contributed by atoms with Crippen molar-refractivity contribution < 1.29 is 4.74 Å². The normalized spacial score (nSPS) is 17.8. The van der Waals surface area contributed by atoms with E-state index in [1.54, 1.807) is 0 Å². The number of aromatic nitrogens is 1. The van der Waals surface area contributed by atoms with Crippen LogP contribution in [0.3, 0.4) is 0 Å². The van der Waals surface area contributed by atoms with Crippen LogP contribution in [0, 0.1) is 0 Å². The predicted molar refractivity (Wildman–Crippen MR) is 77.2 cm³/mol. The van der Waals surface area contributed by atoms with Crippen LogP contribution in [0.1, 0.15) is 24.8 Å². The largest absolute Gasteiger partial charge is 0.378 e. The number of hydrogen-bond acceptors (Lipinski definition) is 4. The molecular weight excluding hydrogens is 262 g/mol. The number of halogens is 1. The number of nitrogens with two attached hydrogens (primary N) is 1. The highest BCUT2D eigenvalue weighted by molar-refractivity contribution is 6.29. The number of pyridine rings is 1. The van der Waals surface area contributed by atoms with E-state index in [4.69, 9.17) is 22.1 Å². The molecule has 1 aliphatic rings. The molecule has 0 spiro atoms. The molecule has 1 aromatic heterocycles. The first-order valence-electron chi connectivity index (χ1n) is 6.92. The average molecular weight is 284 g/mol. The Hall–Kier alpha value is -0.680. The van der Waals surface area contributed by atoms with Crippen LogP contribution < -0.4 is 5.73 Å². The second-order valence-electron chi connectivity index (χ2n) is 4.98. The molecule has 4 nitrogen and oxygen atoms in total. The summed E-state index contributed by atoms with van der Waals surface area (Å²) in [5.41, 5.74) is 6.67. The number of ether oxygens (including phenoxy) is 1. The third-order valence-corrected chi connectivity index (χ3v) is 3.66. The Morgan fingerprint density at radius 2 is 2.16 bits per heavy atom. The van der Waals surface area contributed by atoms with Gasteiger partial charge in [0.05, 0.1) is 6.10 Å². The van der Waals surface area contributed by atoms with E-state index in [-0.39, 0.29) is 0 Å². The fourth-order valence-electron chi connectivity index (χ4n) is 2.33. The van der Waals surface area contributed by atoms with Gasteiger partial charge in [0.25, 0.3) is 0 Å². The number of nitrogens with zero attached hydrogens (tertiary/aromatic N) is 2. The molecule has 5 heteroatoms. The molecule has 19 heavy (non-hydrogen) atoms. The van der Waals surface area contributed by atoms with Crippen LogP contribution in [0.4, 0.5) is 0 Å². The van der Waals surface area contributed by atoms with Crippen LogP contribution in [0.5, 0.6) is 0 Å². The van der Waals surface area contributed by atoms with E-state index >= 15 is 0 Å². The van der Waals surface area contributed by atoms with E-state index in [0.717, 1.165) is 45.5 Å². The molecule has 0 saturated carbocycles. The molecule has 2 N–H and O–H groups in total. The molecule has 0 atom stereocenters. The topological polar surface area (TPSA) is 51.4 Å². The predicted octanol–water partition coefficient (Wildman–Crippen LogP) is 2.06. The minimum atomic E-state index is 0.408. The van der Waals surface area contributed by atoms with E-state index in [0.29, 0.717) is 17.8 Å². The Morgan fingerprint density at radius 3 is 2.79 bits per heavy atom. The van der Waals surface area contributed by atoms with Gasteiger partial charge in [-0.05, 0) is 37.4 Å². The maximum absolute atomic E-state index is 5.80. The summed E-state index contributed by atoms with van der Waals surface area (Å²) < 4.78 is 5.80. The molecule has 0 aromatic carbocycles. The Kier molecular flexibility index (Phi) is 6.04. The minimum absolute atomic E-state index is 0.408. The van der Waals surface area contributed by atoms with Gasteiger partial charge in [0.1, 0.15) is 5.15 Å². The van der Waals surface area contributed by atoms with Crippen molar-refractivity contribution in [3.05, 3.63) is 29.0 Å². The minimum Gasteiger partial charge on any atom is -0.378 e. The molecule has 2 rings (SSSR count). The first kappa shape index (κ1) is 14.7. The average Bonchev–Trinajstić information content (AvgIpc) is 2.44. The van der Waals surface area contributed by atoms with Crippen molar-refractivity contribution in [2.24, 2.45) is 5.73 Å². The van der Waals surface area contributed by atoms with Gasteiger partial charge >= 0.3 is 0 Å². The molecule has 1 fully saturated rings. The third kappa shape index (κ3) is 5.07. The lowest BCUT2D eigenvalue weighted by atomic mass is 10.1. The quantitative estimate of drug-likeness (QED) is 0.641. The molecule has 0 unspecified atom stereocenters. The molecule has 1 aromatic rings. The van der Waals surface area contributed by atoms with Crippen LogP contribution in [-0.4, -0.2) is 42.2 Å². The van der Waals surface area contributed by atoms with Crippen molar-refractivity contribution in [1.29, 1.82) is 0 Å². The fourth-order valence-corrected chi connectivity index (χ4v) is 2.44. The number of likely N-dealkylation sites (tertiary alicyclic amines) is 1. The summed E-state index contributed by atoms with van der Waals surface area (Å²) in [4.78, 5) is 6.55. The van der Waals surface area contributed by atoms with E-state index < -0.39 is 0 Å². The Bertz CT molecular complexity index is 363. The molecular formula is C14H22ClN3O. The smallest absolute Gasteiger partial charge is 0.129 e. The van der Waals surface area contributed by atoms with Crippen molar-refractivity contribution in [1.82, 2.24) is 9.88 Å². The molecule has 2 heterocycles. The summed E-state index contributed by atoms with van der Waals surface area (Å²) in [5.74, 6) is 0. The monoisotopic (exact) mass is 283 g/mol. The molecule has 0 amide bonds. The molecule has 106 valence electrons. The van der Waals surface area contributed by atoms with Gasteiger partial charge in [-0.25, -0.2) is 4.98 Å². The Morgan fingerprint density at radius 1 is 1.37 bits per heavy atom. The van der Waals surface area contributed by atoms with Crippen molar-refractivity contribution in [3.8, 4) is 0 Å². The van der Waals surface area contributed by atoms with Gasteiger partial charge in [0.2, 0.25) is 0 Å². The summed E-state index contributed by atoms with van der Waals surface area (Å²) in [7, 11) is 0. The van der Waals surface area contributed by atoms with Crippen LogP contribution in [0.25, 0.3) is 0 Å². The first-order valence-corrected chi connectivity index (χ1v) is 7.30. The Balaban J connectivity index is 1.69. The zero-order chi connectivity index (χ0) is 13.5. The summed E-state index contributed by atoms with van der Waals surface area (Å²) in [5, 5.41) is 0.552. The van der Waals surface area contributed by atoms with Crippen LogP contribution in [-0.2, 0) is 11.3 Å². The van der Waals surface area contributed by atoms with Crippen molar-refractivity contribution in [2.45, 2.75) is 31.9 Å². The van der Waals surface area contributed by atoms with Gasteiger partial charge < -0.3 is 10.5 Å². The molecule has 1 aliphatic heterocycles. The van der Waals surface area contributed by atoms with Gasteiger partial charge in [-0.3, -0.25) is 4.90 Å². The molecule has 0 aliphatic carbocycles. The second-order valence-corrected chi connectivity index (χ2v) is 5.36. The summed E-state index contributed by atoms with van der Waals surface area (Å²) in [6.45, 7) is 4.61. The summed E-state index contributed by atoms with van der Waals surface area (Å²) >= 11 is 5.78. The van der Waals surface area contributed by atoms with E-state index in [1.165, 1.54) is 5.56 Å². The zero-order valence-electron chi connectivity index (χ0n) is 11.2. The van der Waals surface area contributed by atoms with E-state index in [2.05, 4.69) is 9.88 Å². The Labute approximate surface area is 119 Å². The van der Waals surface area contributed by atoms with E-state index in [1.807, 2.05) is 18.3 Å². The summed E-state index contributed by atoms with van der Waals surface area (Å²) in [6.07, 6.45) is 5.42. The van der Waals surface area contributed by atoms with Crippen molar-refractivity contribution in [2.75, 3.05) is 26.2 Å². The van der Waals surface area contributed by atoms with Crippen LogP contribution in [0.15, 0.2) is 18.3 Å². The number of piperidine rings is 1. The highest BCUT2D eigenvalue weighted by Gasteiger charge is 2.19. The zero-order valence-corrected chi connectivity index (χ0v) is 12.0.